The molecule has 0 radical (unpaired) electrons. The van der Waals surface area contributed by atoms with Crippen molar-refractivity contribution in [3.63, 3.8) is 0 Å². The highest BCUT2D eigenvalue weighted by atomic mass is 16.4. The molecule has 3 amide bonds. The second-order valence-electron chi connectivity index (χ2n) is 7.87. The van der Waals surface area contributed by atoms with Gasteiger partial charge in [0.2, 0.25) is 5.91 Å². The predicted molar refractivity (Wildman–Crippen MR) is 127 cm³/mol. The number of nitrogens with zero attached hydrogens (tertiary/aromatic N) is 4. The first kappa shape index (κ1) is 23.0. The molecule has 1 aromatic heterocycles. The number of aryl methyl sites for hydroxylation is 1. The number of piperazine rings is 1. The second kappa shape index (κ2) is 10.2. The molecule has 1 fully saturated rings. The van der Waals surface area contributed by atoms with Crippen molar-refractivity contribution in [1.29, 1.82) is 0 Å². The topological polar surface area (TPSA) is 121 Å². The molecule has 34 heavy (non-hydrogen) atoms. The molecule has 176 valence electrons. The first-order valence-corrected chi connectivity index (χ1v) is 11.1. The molecule has 1 aliphatic rings. The van der Waals surface area contributed by atoms with Crippen LogP contribution in [0.2, 0.25) is 0 Å². The van der Waals surface area contributed by atoms with Crippen molar-refractivity contribution < 1.29 is 18.8 Å². The normalized spacial score (nSPS) is 13.5. The Kier molecular flexibility index (Phi) is 6.86. The summed E-state index contributed by atoms with van der Waals surface area (Å²) in [6.07, 6.45) is 0.703. The number of amides is 3. The highest BCUT2D eigenvalue weighted by Crippen LogP contribution is 2.20. The van der Waals surface area contributed by atoms with Gasteiger partial charge in [-0.15, -0.1) is 5.10 Å². The van der Waals surface area contributed by atoms with Gasteiger partial charge in [-0.2, -0.15) is 0 Å². The van der Waals surface area contributed by atoms with E-state index in [1.807, 2.05) is 36.1 Å². The number of carbonyl (C=O) groups excluding carboxylic acids is 3. The summed E-state index contributed by atoms with van der Waals surface area (Å²) in [5.41, 5.74) is 2.98. The molecule has 1 aliphatic heterocycles. The Balaban J connectivity index is 1.34. The zero-order valence-corrected chi connectivity index (χ0v) is 19.1. The smallest absolute Gasteiger partial charge is 0.322 e. The molecule has 0 aliphatic carbocycles. The van der Waals surface area contributed by atoms with Crippen LogP contribution in [-0.4, -0.2) is 59.0 Å². The van der Waals surface area contributed by atoms with Crippen LogP contribution in [0, 0.1) is 0 Å². The Morgan fingerprint density at radius 3 is 2.29 bits per heavy atom. The van der Waals surface area contributed by atoms with Crippen LogP contribution in [0.15, 0.2) is 52.9 Å². The van der Waals surface area contributed by atoms with Crippen molar-refractivity contribution in [3.8, 4) is 0 Å². The summed E-state index contributed by atoms with van der Waals surface area (Å²) in [6, 6.07) is 14.5. The van der Waals surface area contributed by atoms with Gasteiger partial charge in [0, 0.05) is 50.0 Å². The predicted octanol–water partition coefficient (Wildman–Crippen LogP) is 2.81. The summed E-state index contributed by atoms with van der Waals surface area (Å²) in [4.78, 5) is 40.5. The summed E-state index contributed by atoms with van der Waals surface area (Å²) >= 11 is 0. The molecule has 3 aromatic rings. The monoisotopic (exact) mass is 462 g/mol. The lowest BCUT2D eigenvalue weighted by atomic mass is 10.1. The SMILES string of the molecule is CCc1ccccc1C(=O)Nc1nnc(C(=O)Nc2ccc(N3CCN(C(C)=O)CC3)cc2)o1. The first-order chi connectivity index (χ1) is 16.4. The van der Waals surface area contributed by atoms with Gasteiger partial charge in [-0.3, -0.25) is 19.7 Å². The minimum atomic E-state index is -0.579. The summed E-state index contributed by atoms with van der Waals surface area (Å²) in [5, 5.41) is 12.7. The van der Waals surface area contributed by atoms with Gasteiger partial charge in [0.1, 0.15) is 0 Å². The van der Waals surface area contributed by atoms with Gasteiger partial charge in [0.05, 0.1) is 0 Å². The fourth-order valence-corrected chi connectivity index (χ4v) is 3.80. The lowest BCUT2D eigenvalue weighted by Gasteiger charge is -2.35. The van der Waals surface area contributed by atoms with Gasteiger partial charge in [0.25, 0.3) is 5.91 Å². The molecule has 0 atom stereocenters. The van der Waals surface area contributed by atoms with Gasteiger partial charge < -0.3 is 19.5 Å². The van der Waals surface area contributed by atoms with E-state index in [0.29, 0.717) is 30.8 Å². The van der Waals surface area contributed by atoms with E-state index in [1.165, 1.54) is 0 Å². The Hall–Kier alpha value is -4.21. The van der Waals surface area contributed by atoms with E-state index in [1.54, 1.807) is 31.2 Å². The first-order valence-electron chi connectivity index (χ1n) is 11.1. The Bertz CT molecular complexity index is 1180. The molecule has 0 saturated carbocycles. The van der Waals surface area contributed by atoms with Crippen molar-refractivity contribution >= 4 is 35.1 Å². The third-order valence-electron chi connectivity index (χ3n) is 5.70. The van der Waals surface area contributed by atoms with Gasteiger partial charge in [-0.1, -0.05) is 30.2 Å². The minimum Gasteiger partial charge on any atom is -0.399 e. The zero-order chi connectivity index (χ0) is 24.1. The van der Waals surface area contributed by atoms with Gasteiger partial charge in [0.15, 0.2) is 0 Å². The van der Waals surface area contributed by atoms with E-state index in [4.69, 9.17) is 4.42 Å². The molecule has 1 saturated heterocycles. The van der Waals surface area contributed by atoms with E-state index in [9.17, 15) is 14.4 Å². The van der Waals surface area contributed by atoms with E-state index in [-0.39, 0.29) is 23.7 Å². The Morgan fingerprint density at radius 1 is 0.912 bits per heavy atom. The highest BCUT2D eigenvalue weighted by molar-refractivity contribution is 6.04. The minimum absolute atomic E-state index is 0.0900. The number of nitrogens with one attached hydrogen (secondary N) is 2. The van der Waals surface area contributed by atoms with Crippen molar-refractivity contribution in [2.45, 2.75) is 20.3 Å². The molecule has 4 rings (SSSR count). The molecule has 0 bridgehead atoms. The summed E-state index contributed by atoms with van der Waals surface area (Å²) in [6.45, 7) is 6.43. The van der Waals surface area contributed by atoms with Crippen LogP contribution in [-0.2, 0) is 11.2 Å². The molecule has 0 spiro atoms. The maximum absolute atomic E-state index is 12.5. The average Bonchev–Trinajstić information content (AvgIpc) is 3.33. The third-order valence-corrected chi connectivity index (χ3v) is 5.70. The number of hydrogen-bond donors (Lipinski definition) is 2. The Morgan fingerprint density at radius 2 is 1.62 bits per heavy atom. The third kappa shape index (κ3) is 5.22. The fraction of sp³-hybridized carbons (Fsp3) is 0.292. The number of anilines is 3. The van der Waals surface area contributed by atoms with Gasteiger partial charge in [-0.25, -0.2) is 0 Å². The van der Waals surface area contributed by atoms with Crippen LogP contribution in [0.3, 0.4) is 0 Å². The Labute approximate surface area is 196 Å². The highest BCUT2D eigenvalue weighted by Gasteiger charge is 2.20. The number of rotatable bonds is 6. The van der Waals surface area contributed by atoms with Crippen molar-refractivity contribution in [2.24, 2.45) is 0 Å². The molecule has 10 nitrogen and oxygen atoms in total. The lowest BCUT2D eigenvalue weighted by Crippen LogP contribution is -2.48. The summed E-state index contributed by atoms with van der Waals surface area (Å²) in [5.74, 6) is -1.13. The molecular weight excluding hydrogens is 436 g/mol. The van der Waals surface area contributed by atoms with Crippen LogP contribution >= 0.6 is 0 Å². The number of benzene rings is 2. The zero-order valence-electron chi connectivity index (χ0n) is 19.1. The molecule has 10 heteroatoms. The standard InChI is InChI=1S/C24H26N6O4/c1-3-17-6-4-5-7-20(17)21(32)26-24-28-27-23(34-24)22(33)25-18-8-10-19(11-9-18)30-14-12-29(13-15-30)16(2)31/h4-11H,3,12-15H2,1-2H3,(H,25,33)(H,26,28,32). The van der Waals surface area contributed by atoms with E-state index in [2.05, 4.69) is 25.7 Å². The number of hydrogen-bond acceptors (Lipinski definition) is 7. The molecule has 2 N–H and O–H groups in total. The van der Waals surface area contributed by atoms with E-state index >= 15 is 0 Å². The van der Waals surface area contributed by atoms with Crippen LogP contribution < -0.4 is 15.5 Å². The van der Waals surface area contributed by atoms with Crippen LogP contribution in [0.4, 0.5) is 17.4 Å². The maximum Gasteiger partial charge on any atom is 0.322 e. The van der Waals surface area contributed by atoms with Crippen molar-refractivity contribution in [1.82, 2.24) is 15.1 Å². The molecule has 0 unspecified atom stereocenters. The van der Waals surface area contributed by atoms with E-state index < -0.39 is 5.91 Å². The van der Waals surface area contributed by atoms with Crippen LogP contribution in [0.25, 0.3) is 0 Å². The average molecular weight is 463 g/mol. The van der Waals surface area contributed by atoms with Crippen molar-refractivity contribution in [3.05, 3.63) is 65.5 Å². The summed E-state index contributed by atoms with van der Waals surface area (Å²) in [7, 11) is 0. The fourth-order valence-electron chi connectivity index (χ4n) is 3.80. The van der Waals surface area contributed by atoms with Gasteiger partial charge >= 0.3 is 17.8 Å². The number of aromatic nitrogens is 2. The number of carbonyl (C=O) groups is 3. The molecule has 2 heterocycles. The van der Waals surface area contributed by atoms with Gasteiger partial charge in [-0.05, 0) is 42.3 Å². The quantitative estimate of drug-likeness (QED) is 0.578. The molecule has 2 aromatic carbocycles. The van der Waals surface area contributed by atoms with E-state index in [0.717, 1.165) is 24.3 Å². The maximum atomic E-state index is 12.5. The van der Waals surface area contributed by atoms with Crippen LogP contribution in [0.1, 0.15) is 40.5 Å². The largest absolute Gasteiger partial charge is 0.399 e. The lowest BCUT2D eigenvalue weighted by molar-refractivity contribution is -0.129. The molecular formula is C24H26N6O4. The van der Waals surface area contributed by atoms with Crippen molar-refractivity contribution in [2.75, 3.05) is 41.7 Å². The van der Waals surface area contributed by atoms with Crippen LogP contribution in [0.5, 0.6) is 0 Å². The second-order valence-corrected chi connectivity index (χ2v) is 7.87. The summed E-state index contributed by atoms with van der Waals surface area (Å²) < 4.78 is 5.32.